The second kappa shape index (κ2) is 6.43. The van der Waals surface area contributed by atoms with E-state index in [0.717, 1.165) is 0 Å². The number of rotatable bonds is 5. The van der Waals surface area contributed by atoms with Crippen molar-refractivity contribution < 1.29 is 4.79 Å². The third-order valence-electron chi connectivity index (χ3n) is 1.93. The van der Waals surface area contributed by atoms with E-state index in [1.807, 2.05) is 19.9 Å². The summed E-state index contributed by atoms with van der Waals surface area (Å²) in [5, 5.41) is 14.3. The summed E-state index contributed by atoms with van der Waals surface area (Å²) in [6.45, 7) is 4.75. The summed E-state index contributed by atoms with van der Waals surface area (Å²) in [6, 6.07) is 1.90. The van der Waals surface area contributed by atoms with Crippen molar-refractivity contribution in [1.82, 2.24) is 15.3 Å². The van der Waals surface area contributed by atoms with Gasteiger partial charge in [0.15, 0.2) is 11.5 Å². The zero-order valence-corrected chi connectivity index (χ0v) is 9.90. The highest BCUT2D eigenvalue weighted by atomic mass is 16.1. The predicted octanol–water partition coefficient (Wildman–Crippen LogP) is 0.532. The minimum Gasteiger partial charge on any atom is -0.359 e. The number of nitrogens with zero attached hydrogens (tertiary/aromatic N) is 3. The Balaban J connectivity index is 2.45. The molecule has 0 aliphatic carbocycles. The molecule has 6 heteroatoms. The largest absolute Gasteiger partial charge is 0.359 e. The van der Waals surface area contributed by atoms with Gasteiger partial charge in [-0.25, -0.2) is 9.97 Å². The Hall–Kier alpha value is -2.16. The van der Waals surface area contributed by atoms with Gasteiger partial charge in [-0.05, 0) is 5.92 Å². The summed E-state index contributed by atoms with van der Waals surface area (Å²) in [4.78, 5) is 19.2. The van der Waals surface area contributed by atoms with Gasteiger partial charge in [-0.15, -0.1) is 0 Å². The van der Waals surface area contributed by atoms with Gasteiger partial charge in [-0.1, -0.05) is 13.8 Å². The van der Waals surface area contributed by atoms with Gasteiger partial charge in [0.1, 0.15) is 6.07 Å². The Morgan fingerprint density at radius 3 is 2.82 bits per heavy atom. The number of nitrogens with one attached hydrogen (secondary N) is 2. The van der Waals surface area contributed by atoms with Gasteiger partial charge in [-0.2, -0.15) is 5.26 Å². The number of hydrogen-bond donors (Lipinski definition) is 2. The van der Waals surface area contributed by atoms with Crippen LogP contribution in [0.5, 0.6) is 0 Å². The fourth-order valence-electron chi connectivity index (χ4n) is 1.09. The van der Waals surface area contributed by atoms with E-state index in [4.69, 9.17) is 5.26 Å². The molecule has 1 rings (SSSR count). The van der Waals surface area contributed by atoms with E-state index in [0.29, 0.717) is 18.3 Å². The quantitative estimate of drug-likeness (QED) is 0.774. The van der Waals surface area contributed by atoms with Crippen molar-refractivity contribution >= 4 is 11.7 Å². The molecule has 0 saturated heterocycles. The minimum atomic E-state index is -0.131. The van der Waals surface area contributed by atoms with Crippen LogP contribution in [0.1, 0.15) is 19.5 Å². The molecule has 2 N–H and O–H groups in total. The maximum atomic E-state index is 11.4. The molecule has 0 unspecified atom stereocenters. The lowest BCUT2D eigenvalue weighted by Gasteiger charge is -2.09. The van der Waals surface area contributed by atoms with E-state index < -0.39 is 0 Å². The smallest absolute Gasteiger partial charge is 0.239 e. The first kappa shape index (κ1) is 12.9. The van der Waals surface area contributed by atoms with Crippen LogP contribution in [0.15, 0.2) is 12.4 Å². The summed E-state index contributed by atoms with van der Waals surface area (Å²) in [5.41, 5.74) is 0.184. The van der Waals surface area contributed by atoms with Gasteiger partial charge in [0.25, 0.3) is 0 Å². The molecule has 1 aromatic heterocycles. The van der Waals surface area contributed by atoms with Gasteiger partial charge < -0.3 is 10.6 Å². The van der Waals surface area contributed by atoms with Crippen molar-refractivity contribution in [2.24, 2.45) is 5.92 Å². The van der Waals surface area contributed by atoms with Crippen molar-refractivity contribution in [3.63, 3.8) is 0 Å². The molecule has 0 saturated carbocycles. The third kappa shape index (κ3) is 4.47. The average Bonchev–Trinajstić information content (AvgIpc) is 2.34. The summed E-state index contributed by atoms with van der Waals surface area (Å²) in [6.07, 6.45) is 2.90. The number of carbonyl (C=O) groups excluding carboxylic acids is 1. The molecule has 1 amide bonds. The predicted molar refractivity (Wildman–Crippen MR) is 63.1 cm³/mol. The molecule has 90 valence electrons. The molecule has 0 atom stereocenters. The van der Waals surface area contributed by atoms with Gasteiger partial charge >= 0.3 is 0 Å². The summed E-state index contributed by atoms with van der Waals surface area (Å²) >= 11 is 0. The highest BCUT2D eigenvalue weighted by molar-refractivity contribution is 5.80. The van der Waals surface area contributed by atoms with Crippen LogP contribution in [0.3, 0.4) is 0 Å². The fraction of sp³-hybridized carbons (Fsp3) is 0.455. The average molecular weight is 233 g/mol. The van der Waals surface area contributed by atoms with E-state index in [9.17, 15) is 4.79 Å². The summed E-state index contributed by atoms with van der Waals surface area (Å²) in [7, 11) is 0. The van der Waals surface area contributed by atoms with E-state index in [1.54, 1.807) is 0 Å². The second-order valence-electron chi connectivity index (χ2n) is 3.92. The van der Waals surface area contributed by atoms with Crippen molar-refractivity contribution in [2.45, 2.75) is 13.8 Å². The SMILES string of the molecule is CC(C)CNC(=O)CNc1nccnc1C#N. The molecular weight excluding hydrogens is 218 g/mol. The number of carbonyl (C=O) groups is 1. The number of amides is 1. The Kier molecular flexibility index (Phi) is 4.88. The second-order valence-corrected chi connectivity index (χ2v) is 3.92. The lowest BCUT2D eigenvalue weighted by Crippen LogP contribution is -2.32. The molecule has 0 spiro atoms. The van der Waals surface area contributed by atoms with E-state index >= 15 is 0 Å². The first-order valence-electron chi connectivity index (χ1n) is 5.35. The van der Waals surface area contributed by atoms with Crippen LogP contribution < -0.4 is 10.6 Å². The highest BCUT2D eigenvalue weighted by Crippen LogP contribution is 2.05. The lowest BCUT2D eigenvalue weighted by molar-refractivity contribution is -0.119. The van der Waals surface area contributed by atoms with Crippen LogP contribution in [0.25, 0.3) is 0 Å². The highest BCUT2D eigenvalue weighted by Gasteiger charge is 2.06. The molecule has 0 bridgehead atoms. The third-order valence-corrected chi connectivity index (χ3v) is 1.93. The molecule has 0 radical (unpaired) electrons. The normalized spacial score (nSPS) is 9.76. The molecule has 0 fully saturated rings. The molecular formula is C11H15N5O. The van der Waals surface area contributed by atoms with Gasteiger partial charge in [-0.3, -0.25) is 4.79 Å². The maximum absolute atomic E-state index is 11.4. The maximum Gasteiger partial charge on any atom is 0.239 e. The number of nitriles is 1. The van der Waals surface area contributed by atoms with Crippen molar-refractivity contribution in [2.75, 3.05) is 18.4 Å². The Labute approximate surface area is 100 Å². The van der Waals surface area contributed by atoms with Crippen LogP contribution in [0, 0.1) is 17.2 Å². The molecule has 0 aromatic carbocycles. The molecule has 17 heavy (non-hydrogen) atoms. The molecule has 0 aliphatic heterocycles. The molecule has 0 aliphatic rings. The van der Waals surface area contributed by atoms with Crippen molar-refractivity contribution in [1.29, 1.82) is 5.26 Å². The van der Waals surface area contributed by atoms with Crippen LogP contribution in [0.4, 0.5) is 5.82 Å². The van der Waals surface area contributed by atoms with E-state index in [-0.39, 0.29) is 18.1 Å². The molecule has 6 nitrogen and oxygen atoms in total. The fourth-order valence-corrected chi connectivity index (χ4v) is 1.09. The Morgan fingerprint density at radius 1 is 1.47 bits per heavy atom. The summed E-state index contributed by atoms with van der Waals surface area (Å²) < 4.78 is 0. The van der Waals surface area contributed by atoms with Crippen LogP contribution in [-0.2, 0) is 4.79 Å². The van der Waals surface area contributed by atoms with Crippen LogP contribution in [-0.4, -0.2) is 29.0 Å². The standard InChI is InChI=1S/C11H15N5O/c1-8(2)6-15-10(17)7-16-11-9(5-12)13-3-4-14-11/h3-4,8H,6-7H2,1-2H3,(H,14,16)(H,15,17). The zero-order valence-electron chi connectivity index (χ0n) is 9.90. The first-order valence-corrected chi connectivity index (χ1v) is 5.35. The van der Waals surface area contributed by atoms with Crippen LogP contribution >= 0.6 is 0 Å². The molecule has 1 heterocycles. The van der Waals surface area contributed by atoms with E-state index in [2.05, 4.69) is 20.6 Å². The monoisotopic (exact) mass is 233 g/mol. The minimum absolute atomic E-state index is 0.0834. The van der Waals surface area contributed by atoms with Gasteiger partial charge in [0, 0.05) is 18.9 Å². The van der Waals surface area contributed by atoms with Crippen LogP contribution in [0.2, 0.25) is 0 Å². The number of aromatic nitrogens is 2. The first-order chi connectivity index (χ1) is 8.13. The lowest BCUT2D eigenvalue weighted by atomic mass is 10.2. The van der Waals surface area contributed by atoms with Crippen molar-refractivity contribution in [3.05, 3.63) is 18.1 Å². The Morgan fingerprint density at radius 2 is 2.18 bits per heavy atom. The topological polar surface area (TPSA) is 90.7 Å². The van der Waals surface area contributed by atoms with Gasteiger partial charge in [0.05, 0.1) is 6.54 Å². The van der Waals surface area contributed by atoms with Gasteiger partial charge in [0.2, 0.25) is 5.91 Å². The Bertz CT molecular complexity index is 424. The van der Waals surface area contributed by atoms with E-state index in [1.165, 1.54) is 12.4 Å². The number of hydrogen-bond acceptors (Lipinski definition) is 5. The number of anilines is 1. The summed E-state index contributed by atoms with van der Waals surface area (Å²) in [5.74, 6) is 0.605. The van der Waals surface area contributed by atoms with Crippen molar-refractivity contribution in [3.8, 4) is 6.07 Å². The molecule has 1 aromatic rings. The zero-order chi connectivity index (χ0) is 12.7.